The summed E-state index contributed by atoms with van der Waals surface area (Å²) in [5.41, 5.74) is 4.25. The van der Waals surface area contributed by atoms with Gasteiger partial charge in [0.15, 0.2) is 0 Å². The Bertz CT molecular complexity index is 998. The zero-order valence-electron chi connectivity index (χ0n) is 16.7. The monoisotopic (exact) mass is 360 g/mol. The molecular weight excluding hydrogens is 332 g/mol. The normalized spacial score (nSPS) is 12.3. The fourth-order valence-electron chi connectivity index (χ4n) is 4.11. The summed E-state index contributed by atoms with van der Waals surface area (Å²) >= 11 is 0. The van der Waals surface area contributed by atoms with Gasteiger partial charge in [0.1, 0.15) is 11.6 Å². The predicted molar refractivity (Wildman–Crippen MR) is 112 cm³/mol. The summed E-state index contributed by atoms with van der Waals surface area (Å²) < 4.78 is 4.76. The fourth-order valence-corrected chi connectivity index (χ4v) is 4.11. The number of aromatic nitrogens is 4. The van der Waals surface area contributed by atoms with E-state index in [1.807, 2.05) is 0 Å². The Morgan fingerprint density at radius 3 is 1.52 bits per heavy atom. The maximum Gasteiger partial charge on any atom is 0.123 e. The van der Waals surface area contributed by atoms with Gasteiger partial charge >= 0.3 is 0 Å². The van der Waals surface area contributed by atoms with Crippen LogP contribution in [0.5, 0.6) is 0 Å². The fraction of sp³-hybridized carbons (Fsp3) is 0.391. The predicted octanol–water partition coefficient (Wildman–Crippen LogP) is 5.53. The summed E-state index contributed by atoms with van der Waals surface area (Å²) in [6.45, 7) is 10.9. The lowest BCUT2D eigenvalue weighted by molar-refractivity contribution is 0.479. The van der Waals surface area contributed by atoms with E-state index in [2.05, 4.69) is 85.4 Å². The summed E-state index contributed by atoms with van der Waals surface area (Å²) in [6.07, 6.45) is 2.16. The van der Waals surface area contributed by atoms with Gasteiger partial charge in [0, 0.05) is 13.1 Å². The largest absolute Gasteiger partial charge is 0.327 e. The molecule has 0 bridgehead atoms. The average molecular weight is 361 g/mol. The molecule has 0 aliphatic heterocycles. The molecule has 0 atom stereocenters. The summed E-state index contributed by atoms with van der Waals surface area (Å²) in [7, 11) is 0. The quantitative estimate of drug-likeness (QED) is 0.453. The number of hydrogen-bond acceptors (Lipinski definition) is 2. The Hall–Kier alpha value is -2.62. The highest BCUT2D eigenvalue weighted by atomic mass is 15.1. The van der Waals surface area contributed by atoms with Gasteiger partial charge in [-0.3, -0.25) is 0 Å². The second-order valence-corrected chi connectivity index (χ2v) is 7.78. The van der Waals surface area contributed by atoms with Crippen molar-refractivity contribution in [2.24, 2.45) is 0 Å². The van der Waals surface area contributed by atoms with Gasteiger partial charge in [-0.15, -0.1) is 0 Å². The molecule has 0 saturated carbocycles. The van der Waals surface area contributed by atoms with Crippen LogP contribution in [0.3, 0.4) is 0 Å². The van der Waals surface area contributed by atoms with Gasteiger partial charge in [-0.1, -0.05) is 38.1 Å². The highest BCUT2D eigenvalue weighted by Crippen LogP contribution is 2.35. The molecule has 0 radical (unpaired) electrons. The zero-order chi connectivity index (χ0) is 19.0. The second kappa shape index (κ2) is 6.84. The first kappa shape index (κ1) is 17.8. The van der Waals surface area contributed by atoms with E-state index in [-0.39, 0.29) is 5.41 Å². The van der Waals surface area contributed by atoms with Crippen LogP contribution < -0.4 is 0 Å². The van der Waals surface area contributed by atoms with Crippen LogP contribution in [0.2, 0.25) is 0 Å². The van der Waals surface area contributed by atoms with Crippen LogP contribution in [0.15, 0.2) is 48.5 Å². The molecule has 0 amide bonds. The molecule has 27 heavy (non-hydrogen) atoms. The first-order valence-electron chi connectivity index (χ1n) is 9.99. The van der Waals surface area contributed by atoms with E-state index in [0.717, 1.165) is 48.6 Å². The Morgan fingerprint density at radius 1 is 0.704 bits per heavy atom. The Morgan fingerprint density at radius 2 is 1.11 bits per heavy atom. The number of imidazole rings is 2. The molecule has 4 aromatic rings. The van der Waals surface area contributed by atoms with Crippen molar-refractivity contribution >= 4 is 22.1 Å². The Labute approximate surface area is 160 Å². The van der Waals surface area contributed by atoms with E-state index >= 15 is 0 Å². The van der Waals surface area contributed by atoms with E-state index in [9.17, 15) is 0 Å². The van der Waals surface area contributed by atoms with Gasteiger partial charge in [0.25, 0.3) is 0 Å². The van der Waals surface area contributed by atoms with Crippen LogP contribution in [-0.2, 0) is 18.5 Å². The molecule has 0 aliphatic rings. The molecule has 0 spiro atoms. The van der Waals surface area contributed by atoms with Gasteiger partial charge in [0.05, 0.1) is 27.5 Å². The van der Waals surface area contributed by atoms with Crippen molar-refractivity contribution in [1.82, 2.24) is 19.1 Å². The van der Waals surface area contributed by atoms with Crippen LogP contribution in [0.25, 0.3) is 22.1 Å². The van der Waals surface area contributed by atoms with Crippen molar-refractivity contribution in [1.29, 1.82) is 0 Å². The van der Waals surface area contributed by atoms with E-state index < -0.39 is 0 Å². The molecule has 0 fully saturated rings. The van der Waals surface area contributed by atoms with Crippen molar-refractivity contribution in [2.45, 2.75) is 59.0 Å². The van der Waals surface area contributed by atoms with E-state index in [1.54, 1.807) is 0 Å². The topological polar surface area (TPSA) is 35.6 Å². The number of nitrogens with zero attached hydrogens (tertiary/aromatic N) is 4. The van der Waals surface area contributed by atoms with Gasteiger partial charge in [-0.05, 0) is 51.0 Å². The number of hydrogen-bond donors (Lipinski definition) is 0. The van der Waals surface area contributed by atoms with E-state index in [4.69, 9.17) is 9.97 Å². The van der Waals surface area contributed by atoms with Gasteiger partial charge in [0.2, 0.25) is 0 Å². The summed E-state index contributed by atoms with van der Waals surface area (Å²) in [5.74, 6) is 2.19. The molecule has 4 nitrogen and oxygen atoms in total. The minimum absolute atomic E-state index is 0.289. The number of fused-ring (bicyclic) bond motifs is 2. The van der Waals surface area contributed by atoms with E-state index in [1.165, 1.54) is 11.0 Å². The van der Waals surface area contributed by atoms with Crippen LogP contribution in [0.1, 0.15) is 52.2 Å². The summed E-state index contributed by atoms with van der Waals surface area (Å²) in [5, 5.41) is 0. The lowest BCUT2D eigenvalue weighted by Gasteiger charge is -2.26. The Kier molecular flexibility index (Phi) is 4.50. The molecule has 4 rings (SSSR count). The highest BCUT2D eigenvalue weighted by Gasteiger charge is 2.34. The first-order chi connectivity index (χ1) is 13.1. The third kappa shape index (κ3) is 2.84. The lowest BCUT2D eigenvalue weighted by atomic mass is 9.90. The van der Waals surface area contributed by atoms with Gasteiger partial charge in [-0.2, -0.15) is 0 Å². The molecule has 140 valence electrons. The molecule has 0 saturated heterocycles. The number of para-hydroxylation sites is 4. The molecular formula is C23H28N4. The van der Waals surface area contributed by atoms with Crippen LogP contribution in [0.4, 0.5) is 0 Å². The molecule has 2 aromatic heterocycles. The molecule has 4 heteroatoms. The SMILES string of the molecule is CCCn1c(C(C)(C)c2nc3ccccc3n2CCC)nc2ccccc21. The second-order valence-electron chi connectivity index (χ2n) is 7.78. The minimum Gasteiger partial charge on any atom is -0.327 e. The molecule has 2 aromatic carbocycles. The number of aryl methyl sites for hydroxylation is 2. The van der Waals surface area contributed by atoms with Crippen molar-refractivity contribution in [3.05, 3.63) is 60.2 Å². The van der Waals surface area contributed by atoms with Gasteiger partial charge in [-0.25, -0.2) is 9.97 Å². The van der Waals surface area contributed by atoms with Crippen LogP contribution in [-0.4, -0.2) is 19.1 Å². The molecule has 0 N–H and O–H groups in total. The lowest BCUT2D eigenvalue weighted by Crippen LogP contribution is -2.28. The van der Waals surface area contributed by atoms with Gasteiger partial charge < -0.3 is 9.13 Å². The van der Waals surface area contributed by atoms with Crippen molar-refractivity contribution in [2.75, 3.05) is 0 Å². The first-order valence-corrected chi connectivity index (χ1v) is 9.99. The summed E-state index contributed by atoms with van der Waals surface area (Å²) in [6, 6.07) is 16.9. The highest BCUT2D eigenvalue weighted by molar-refractivity contribution is 5.78. The summed E-state index contributed by atoms with van der Waals surface area (Å²) in [4.78, 5) is 10.1. The maximum atomic E-state index is 5.06. The standard InChI is InChI=1S/C23H28N4/c1-5-15-26-19-13-9-7-11-17(19)24-21(26)23(3,4)22-25-18-12-8-10-14-20(18)27(22)16-6-2/h7-14H,5-6,15-16H2,1-4H3. The average Bonchev–Trinajstić information content (AvgIpc) is 3.23. The van der Waals surface area contributed by atoms with E-state index in [0.29, 0.717) is 0 Å². The smallest absolute Gasteiger partial charge is 0.123 e. The van der Waals surface area contributed by atoms with Crippen molar-refractivity contribution in [3.63, 3.8) is 0 Å². The molecule has 0 aliphatic carbocycles. The minimum atomic E-state index is -0.289. The number of benzene rings is 2. The maximum absolute atomic E-state index is 5.06. The molecule has 0 unspecified atom stereocenters. The van der Waals surface area contributed by atoms with Crippen LogP contribution >= 0.6 is 0 Å². The molecule has 2 heterocycles. The van der Waals surface area contributed by atoms with Crippen molar-refractivity contribution in [3.8, 4) is 0 Å². The van der Waals surface area contributed by atoms with Crippen molar-refractivity contribution < 1.29 is 0 Å². The third-order valence-electron chi connectivity index (χ3n) is 5.32. The van der Waals surface area contributed by atoms with Crippen LogP contribution in [0, 0.1) is 0 Å². The number of rotatable bonds is 6. The Balaban J connectivity index is 1.96. The zero-order valence-corrected chi connectivity index (χ0v) is 16.7. The third-order valence-corrected chi connectivity index (χ3v) is 5.32.